The number of rotatable bonds is 83. The minimum atomic E-state index is -0.842. The summed E-state index contributed by atoms with van der Waals surface area (Å²) < 4.78 is 5.51. The molecule has 0 aliphatic carbocycles. The van der Waals surface area contributed by atoms with Crippen LogP contribution in [0.4, 0.5) is 0 Å². The Hall–Kier alpha value is -1.40. The van der Waals surface area contributed by atoms with Gasteiger partial charge in [-0.25, -0.2) is 0 Å². The molecule has 0 aromatic carbocycles. The van der Waals surface area contributed by atoms with Gasteiger partial charge in [0.05, 0.1) is 25.4 Å². The van der Waals surface area contributed by atoms with Crippen molar-refractivity contribution in [2.75, 3.05) is 13.2 Å². The molecule has 93 heavy (non-hydrogen) atoms. The Morgan fingerprint density at radius 3 is 0.731 bits per heavy atom. The van der Waals surface area contributed by atoms with Crippen LogP contribution in [0.3, 0.4) is 0 Å². The normalized spacial score (nSPS) is 12.4. The summed E-state index contributed by atoms with van der Waals surface area (Å²) in [7, 11) is 0. The van der Waals surface area contributed by atoms with Crippen molar-refractivity contribution < 1.29 is 24.5 Å². The molecule has 1 amide bonds. The smallest absolute Gasteiger partial charge is 0.305 e. The molecule has 0 fully saturated rings. The molecule has 0 rings (SSSR count). The number of unbranched alkanes of at least 4 members (excludes halogenated alkanes) is 72. The van der Waals surface area contributed by atoms with Crippen molar-refractivity contribution in [2.45, 2.75) is 520 Å². The number of amides is 1. The molecule has 0 bridgehead atoms. The van der Waals surface area contributed by atoms with Gasteiger partial charge in [-0.3, -0.25) is 9.59 Å². The molecule has 0 spiro atoms. The predicted octanol–water partition coefficient (Wildman–Crippen LogP) is 29.0. The van der Waals surface area contributed by atoms with Gasteiger partial charge in [0, 0.05) is 12.8 Å². The van der Waals surface area contributed by atoms with Gasteiger partial charge < -0.3 is 20.3 Å². The van der Waals surface area contributed by atoms with Crippen LogP contribution < -0.4 is 5.32 Å². The van der Waals surface area contributed by atoms with Crippen LogP contribution in [0.15, 0.2) is 12.2 Å². The van der Waals surface area contributed by atoms with Crippen molar-refractivity contribution in [3.63, 3.8) is 0 Å². The van der Waals surface area contributed by atoms with E-state index in [1.165, 1.54) is 443 Å². The minimum Gasteiger partial charge on any atom is -0.466 e. The summed E-state index contributed by atoms with van der Waals surface area (Å²) in [6.45, 7) is 4.97. The molecule has 0 saturated carbocycles. The Morgan fingerprint density at radius 1 is 0.290 bits per heavy atom. The number of ether oxygens (including phenoxy) is 1. The fourth-order valence-electron chi connectivity index (χ4n) is 14.2. The molecule has 2 unspecified atom stereocenters. The first kappa shape index (κ1) is 91.6. The quantitative estimate of drug-likeness (QED) is 0.0320. The van der Waals surface area contributed by atoms with Crippen LogP contribution in [0.5, 0.6) is 0 Å². The molecule has 0 saturated heterocycles. The second kappa shape index (κ2) is 83.0. The van der Waals surface area contributed by atoms with E-state index in [9.17, 15) is 19.8 Å². The molecule has 6 nitrogen and oxygen atoms in total. The summed E-state index contributed by atoms with van der Waals surface area (Å²) in [5, 5.41) is 23.3. The first-order chi connectivity index (χ1) is 46.0. The number of aliphatic hydroxyl groups excluding tert-OH is 2. The fourth-order valence-corrected chi connectivity index (χ4v) is 14.2. The molecule has 554 valence electrons. The van der Waals surface area contributed by atoms with Crippen LogP contribution in [-0.2, 0) is 14.3 Å². The zero-order chi connectivity index (χ0) is 67.0. The average Bonchev–Trinajstić information content (AvgIpc) is 3.75. The number of allylic oxidation sites excluding steroid dienone is 1. The highest BCUT2D eigenvalue weighted by molar-refractivity contribution is 5.76. The largest absolute Gasteiger partial charge is 0.466 e. The Morgan fingerprint density at radius 2 is 0.495 bits per heavy atom. The van der Waals surface area contributed by atoms with Gasteiger partial charge in [0.25, 0.3) is 0 Å². The van der Waals surface area contributed by atoms with Crippen molar-refractivity contribution in [2.24, 2.45) is 0 Å². The van der Waals surface area contributed by atoms with E-state index in [1.54, 1.807) is 6.08 Å². The second-order valence-corrected chi connectivity index (χ2v) is 30.2. The van der Waals surface area contributed by atoms with E-state index in [0.29, 0.717) is 19.4 Å². The van der Waals surface area contributed by atoms with Crippen LogP contribution in [-0.4, -0.2) is 47.4 Å². The summed E-state index contributed by atoms with van der Waals surface area (Å²) in [6, 6.07) is -0.624. The van der Waals surface area contributed by atoms with E-state index in [0.717, 1.165) is 38.5 Å². The molecule has 2 atom stereocenters. The van der Waals surface area contributed by atoms with Gasteiger partial charge in [-0.15, -0.1) is 0 Å². The Kier molecular flexibility index (Phi) is 81.8. The predicted molar refractivity (Wildman–Crippen MR) is 412 cm³/mol. The summed E-state index contributed by atoms with van der Waals surface area (Å²) in [4.78, 5) is 24.7. The van der Waals surface area contributed by atoms with Gasteiger partial charge in [-0.1, -0.05) is 475 Å². The third kappa shape index (κ3) is 79.5. The maximum Gasteiger partial charge on any atom is 0.305 e. The van der Waals surface area contributed by atoms with Gasteiger partial charge >= 0.3 is 5.97 Å². The molecule has 0 radical (unpaired) electrons. The van der Waals surface area contributed by atoms with Gasteiger partial charge in [0.2, 0.25) is 5.91 Å². The lowest BCUT2D eigenvalue weighted by atomic mass is 10.0. The van der Waals surface area contributed by atoms with Gasteiger partial charge in [-0.2, -0.15) is 0 Å². The van der Waals surface area contributed by atoms with E-state index in [-0.39, 0.29) is 18.5 Å². The number of esters is 1. The zero-order valence-electron chi connectivity index (χ0n) is 63.8. The van der Waals surface area contributed by atoms with Crippen LogP contribution in [0.25, 0.3) is 0 Å². The van der Waals surface area contributed by atoms with Gasteiger partial charge in [0.15, 0.2) is 0 Å². The molecule has 6 heteroatoms. The molecule has 0 aliphatic heterocycles. The van der Waals surface area contributed by atoms with Crippen molar-refractivity contribution in [1.29, 1.82) is 0 Å². The molecule has 0 aliphatic rings. The molecular formula is C87H171NO5. The van der Waals surface area contributed by atoms with Crippen LogP contribution in [0.1, 0.15) is 508 Å². The Labute approximate surface area is 584 Å². The highest BCUT2D eigenvalue weighted by atomic mass is 16.5. The third-order valence-corrected chi connectivity index (χ3v) is 20.8. The number of nitrogens with one attached hydrogen (secondary N) is 1. The summed E-state index contributed by atoms with van der Waals surface area (Å²) in [6.07, 6.45) is 107. The van der Waals surface area contributed by atoms with E-state index in [2.05, 4.69) is 19.2 Å². The third-order valence-electron chi connectivity index (χ3n) is 20.8. The molecular weight excluding hydrogens is 1140 g/mol. The maximum atomic E-state index is 12.6. The highest BCUT2D eigenvalue weighted by Crippen LogP contribution is 2.21. The highest BCUT2D eigenvalue weighted by Gasteiger charge is 2.18. The van der Waals surface area contributed by atoms with E-state index in [1.807, 2.05) is 6.08 Å². The van der Waals surface area contributed by atoms with Crippen molar-refractivity contribution >= 4 is 11.9 Å². The monoisotopic (exact) mass is 1310 g/mol. The van der Waals surface area contributed by atoms with E-state index < -0.39 is 12.1 Å². The number of carbonyl (C=O) groups is 2. The second-order valence-electron chi connectivity index (χ2n) is 30.2. The van der Waals surface area contributed by atoms with Crippen LogP contribution in [0, 0.1) is 0 Å². The summed E-state index contributed by atoms with van der Waals surface area (Å²) >= 11 is 0. The zero-order valence-corrected chi connectivity index (χ0v) is 63.8. The number of hydrogen-bond donors (Lipinski definition) is 3. The van der Waals surface area contributed by atoms with Crippen LogP contribution >= 0.6 is 0 Å². The molecule has 0 heterocycles. The lowest BCUT2D eigenvalue weighted by Gasteiger charge is -2.20. The first-order valence-electron chi connectivity index (χ1n) is 43.5. The Bertz CT molecular complexity index is 1420. The number of aliphatic hydroxyl groups is 2. The topological polar surface area (TPSA) is 95.9 Å². The molecule has 3 N–H and O–H groups in total. The summed E-state index contributed by atoms with van der Waals surface area (Å²) in [5.41, 5.74) is 0. The van der Waals surface area contributed by atoms with E-state index >= 15 is 0 Å². The van der Waals surface area contributed by atoms with Crippen LogP contribution in [0.2, 0.25) is 0 Å². The number of carbonyl (C=O) groups excluding carboxylic acids is 2. The molecule has 0 aromatic heterocycles. The fraction of sp³-hybridized carbons (Fsp3) is 0.954. The Balaban J connectivity index is 3.32. The van der Waals surface area contributed by atoms with Crippen molar-refractivity contribution in [3.05, 3.63) is 12.2 Å². The standard InChI is InChI=1S/C87H171NO5/c1-3-5-7-9-11-13-15-17-19-20-21-22-23-37-40-43-46-49-52-55-59-63-67-71-75-79-85(90)84(83-89)88-86(91)80-76-72-68-64-60-56-53-50-47-44-41-38-35-33-31-29-27-25-24-26-28-30-32-34-36-39-42-45-48-51-54-58-62-66-70-74-78-82-93-87(92)81-77-73-69-65-61-57-18-16-14-12-10-8-6-4-2/h75,79,84-85,89-90H,3-74,76-78,80-83H2,1-2H3,(H,88,91)/b79-75+. The van der Waals surface area contributed by atoms with Crippen molar-refractivity contribution in [3.8, 4) is 0 Å². The summed E-state index contributed by atoms with van der Waals surface area (Å²) in [5.74, 6) is -0.0290. The minimum absolute atomic E-state index is 0.0268. The van der Waals surface area contributed by atoms with Crippen molar-refractivity contribution in [1.82, 2.24) is 5.32 Å². The maximum absolute atomic E-state index is 12.6. The van der Waals surface area contributed by atoms with Gasteiger partial charge in [0.1, 0.15) is 0 Å². The number of hydrogen-bond acceptors (Lipinski definition) is 5. The lowest BCUT2D eigenvalue weighted by Crippen LogP contribution is -2.45. The lowest BCUT2D eigenvalue weighted by molar-refractivity contribution is -0.143. The first-order valence-corrected chi connectivity index (χ1v) is 43.5. The average molecular weight is 1310 g/mol. The SMILES string of the molecule is CCCCCCCCCCCCCCCCCCCCCCCCC/C=C/C(O)C(CO)NC(=O)CCCCCCCCCCCCCCCCCCCCCCCCCCCCCCCCCCCCCCCOC(=O)CCCCCCCCCCCCCCCC. The molecule has 0 aromatic rings. The van der Waals surface area contributed by atoms with E-state index in [4.69, 9.17) is 4.74 Å². The van der Waals surface area contributed by atoms with Gasteiger partial charge in [-0.05, 0) is 32.1 Å².